The molecule has 0 aliphatic carbocycles. The number of rotatable bonds is 6. The van der Waals surface area contributed by atoms with Gasteiger partial charge in [0.2, 0.25) is 5.91 Å². The lowest BCUT2D eigenvalue weighted by molar-refractivity contribution is -0.137. The molecule has 2 N–H and O–H groups in total. The fourth-order valence-electron chi connectivity index (χ4n) is 2.37. The van der Waals surface area contributed by atoms with E-state index in [-0.39, 0.29) is 24.7 Å². The maximum atomic E-state index is 12.2. The van der Waals surface area contributed by atoms with E-state index in [0.29, 0.717) is 11.5 Å². The van der Waals surface area contributed by atoms with Crippen LogP contribution in [0.15, 0.2) is 36.5 Å². The highest BCUT2D eigenvalue weighted by molar-refractivity contribution is 5.91. The highest BCUT2D eigenvalue weighted by Gasteiger charge is 2.20. The lowest BCUT2D eigenvalue weighted by Crippen LogP contribution is -2.19. The van der Waals surface area contributed by atoms with Crippen LogP contribution in [0.25, 0.3) is 0 Å². The number of aromatic nitrogens is 2. The fourth-order valence-corrected chi connectivity index (χ4v) is 2.37. The van der Waals surface area contributed by atoms with Crippen LogP contribution in [0.4, 0.5) is 5.82 Å². The van der Waals surface area contributed by atoms with Crippen molar-refractivity contribution in [2.75, 3.05) is 5.32 Å². The van der Waals surface area contributed by atoms with Crippen molar-refractivity contribution in [2.24, 2.45) is 0 Å². The van der Waals surface area contributed by atoms with Gasteiger partial charge in [-0.2, -0.15) is 0 Å². The predicted octanol–water partition coefficient (Wildman–Crippen LogP) is 2.68. The summed E-state index contributed by atoms with van der Waals surface area (Å²) < 4.78 is 0. The molecule has 1 amide bonds. The number of carbonyl (C=O) groups is 2. The summed E-state index contributed by atoms with van der Waals surface area (Å²) in [7, 11) is 0. The SMILES string of the molecule is Cc1cnc(NC(=O)CC(CC(=O)O)c2ccccc2)c(C)n1. The summed E-state index contributed by atoms with van der Waals surface area (Å²) in [5.41, 5.74) is 2.23. The molecule has 23 heavy (non-hydrogen) atoms. The van der Waals surface area contributed by atoms with Crippen LogP contribution in [-0.4, -0.2) is 27.0 Å². The van der Waals surface area contributed by atoms with Gasteiger partial charge in [-0.05, 0) is 19.4 Å². The van der Waals surface area contributed by atoms with E-state index in [9.17, 15) is 9.59 Å². The van der Waals surface area contributed by atoms with E-state index < -0.39 is 5.97 Å². The number of aliphatic carboxylic acids is 1. The first-order valence-corrected chi connectivity index (χ1v) is 7.32. The maximum absolute atomic E-state index is 12.2. The normalized spacial score (nSPS) is 11.7. The van der Waals surface area contributed by atoms with Crippen LogP contribution in [0.5, 0.6) is 0 Å². The quantitative estimate of drug-likeness (QED) is 0.855. The van der Waals surface area contributed by atoms with Crippen molar-refractivity contribution in [2.45, 2.75) is 32.6 Å². The number of aryl methyl sites for hydroxylation is 2. The average Bonchev–Trinajstić information content (AvgIpc) is 2.50. The van der Waals surface area contributed by atoms with Gasteiger partial charge in [0, 0.05) is 12.3 Å². The van der Waals surface area contributed by atoms with Crippen molar-refractivity contribution in [1.29, 1.82) is 0 Å². The van der Waals surface area contributed by atoms with Crippen LogP contribution >= 0.6 is 0 Å². The molecule has 6 heteroatoms. The van der Waals surface area contributed by atoms with Gasteiger partial charge < -0.3 is 10.4 Å². The van der Waals surface area contributed by atoms with Gasteiger partial charge in [-0.1, -0.05) is 30.3 Å². The molecular formula is C17H19N3O3. The molecule has 0 bridgehead atoms. The molecule has 0 aliphatic rings. The van der Waals surface area contributed by atoms with E-state index in [4.69, 9.17) is 5.11 Å². The lowest BCUT2D eigenvalue weighted by Gasteiger charge is -2.15. The molecule has 6 nitrogen and oxygen atoms in total. The third-order valence-corrected chi connectivity index (χ3v) is 3.45. The Kier molecular flexibility index (Phi) is 5.41. The molecule has 2 rings (SSSR count). The Balaban J connectivity index is 2.09. The number of carboxylic acids is 1. The topological polar surface area (TPSA) is 92.2 Å². The van der Waals surface area contributed by atoms with Crippen molar-refractivity contribution in [3.05, 3.63) is 53.5 Å². The van der Waals surface area contributed by atoms with Gasteiger partial charge in [-0.25, -0.2) is 4.98 Å². The third kappa shape index (κ3) is 4.88. The molecule has 1 aromatic heterocycles. The highest BCUT2D eigenvalue weighted by Crippen LogP contribution is 2.24. The third-order valence-electron chi connectivity index (χ3n) is 3.45. The second-order valence-corrected chi connectivity index (χ2v) is 5.40. The van der Waals surface area contributed by atoms with Crippen molar-refractivity contribution in [3.63, 3.8) is 0 Å². The second kappa shape index (κ2) is 7.49. The Morgan fingerprint density at radius 3 is 2.48 bits per heavy atom. The molecule has 1 unspecified atom stereocenters. The average molecular weight is 313 g/mol. The van der Waals surface area contributed by atoms with Gasteiger partial charge in [-0.15, -0.1) is 0 Å². The standard InChI is InChI=1S/C17H19N3O3/c1-11-10-18-17(12(2)19-11)20-15(21)8-14(9-16(22)23)13-6-4-3-5-7-13/h3-7,10,14H,8-9H2,1-2H3,(H,22,23)(H,18,20,21). The summed E-state index contributed by atoms with van der Waals surface area (Å²) in [5.74, 6) is -1.19. The van der Waals surface area contributed by atoms with Crippen molar-refractivity contribution in [1.82, 2.24) is 9.97 Å². The van der Waals surface area contributed by atoms with Gasteiger partial charge in [0.25, 0.3) is 0 Å². The number of carbonyl (C=O) groups excluding carboxylic acids is 1. The Morgan fingerprint density at radius 1 is 1.17 bits per heavy atom. The summed E-state index contributed by atoms with van der Waals surface area (Å²) in [6.45, 7) is 3.59. The molecule has 2 aromatic rings. The summed E-state index contributed by atoms with van der Waals surface area (Å²) in [6.07, 6.45) is 1.55. The van der Waals surface area contributed by atoms with Crippen LogP contribution in [0.2, 0.25) is 0 Å². The number of amides is 1. The lowest BCUT2D eigenvalue weighted by atomic mass is 9.92. The minimum Gasteiger partial charge on any atom is -0.481 e. The number of nitrogens with one attached hydrogen (secondary N) is 1. The monoisotopic (exact) mass is 313 g/mol. The first kappa shape index (κ1) is 16.6. The van der Waals surface area contributed by atoms with E-state index in [1.807, 2.05) is 37.3 Å². The summed E-state index contributed by atoms with van der Waals surface area (Å²) in [6, 6.07) is 9.18. The van der Waals surface area contributed by atoms with E-state index in [1.54, 1.807) is 13.1 Å². The van der Waals surface area contributed by atoms with Gasteiger partial charge in [0.15, 0.2) is 5.82 Å². The number of hydrogen-bond donors (Lipinski definition) is 2. The second-order valence-electron chi connectivity index (χ2n) is 5.40. The predicted molar refractivity (Wildman–Crippen MR) is 86.2 cm³/mol. The molecule has 0 fully saturated rings. The van der Waals surface area contributed by atoms with Crippen LogP contribution in [0, 0.1) is 13.8 Å². The number of nitrogens with zero attached hydrogens (tertiary/aromatic N) is 2. The smallest absolute Gasteiger partial charge is 0.303 e. The Labute approximate surface area is 134 Å². The summed E-state index contributed by atoms with van der Waals surface area (Å²) in [4.78, 5) is 31.7. The highest BCUT2D eigenvalue weighted by atomic mass is 16.4. The Morgan fingerprint density at radius 2 is 1.87 bits per heavy atom. The molecule has 120 valence electrons. The molecular weight excluding hydrogens is 294 g/mol. The fraction of sp³-hybridized carbons (Fsp3) is 0.294. The zero-order chi connectivity index (χ0) is 16.8. The number of benzene rings is 1. The van der Waals surface area contributed by atoms with Gasteiger partial charge in [-0.3, -0.25) is 14.6 Å². The van der Waals surface area contributed by atoms with Crippen LogP contribution in [0.1, 0.15) is 35.7 Å². The van der Waals surface area contributed by atoms with E-state index in [0.717, 1.165) is 11.3 Å². The van der Waals surface area contributed by atoms with Crippen LogP contribution in [-0.2, 0) is 9.59 Å². The van der Waals surface area contributed by atoms with Gasteiger partial charge >= 0.3 is 5.97 Å². The Hall–Kier alpha value is -2.76. The number of hydrogen-bond acceptors (Lipinski definition) is 4. The molecule has 0 saturated carbocycles. The molecule has 1 heterocycles. The molecule has 0 radical (unpaired) electrons. The van der Waals surface area contributed by atoms with Crippen LogP contribution in [0.3, 0.4) is 0 Å². The van der Waals surface area contributed by atoms with Gasteiger partial charge in [0.1, 0.15) is 0 Å². The first-order chi connectivity index (χ1) is 11.0. The molecule has 1 atom stereocenters. The first-order valence-electron chi connectivity index (χ1n) is 7.32. The Bertz CT molecular complexity index is 701. The molecule has 0 spiro atoms. The van der Waals surface area contributed by atoms with E-state index in [1.165, 1.54) is 0 Å². The number of anilines is 1. The minimum absolute atomic E-state index is 0.0747. The largest absolute Gasteiger partial charge is 0.481 e. The molecule has 0 aliphatic heterocycles. The van der Waals surface area contributed by atoms with E-state index >= 15 is 0 Å². The summed E-state index contributed by atoms with van der Waals surface area (Å²) >= 11 is 0. The molecule has 1 aromatic carbocycles. The minimum atomic E-state index is -0.932. The molecule has 0 saturated heterocycles. The zero-order valence-electron chi connectivity index (χ0n) is 13.1. The van der Waals surface area contributed by atoms with Crippen LogP contribution < -0.4 is 5.32 Å². The van der Waals surface area contributed by atoms with E-state index in [2.05, 4.69) is 15.3 Å². The van der Waals surface area contributed by atoms with Crippen molar-refractivity contribution >= 4 is 17.7 Å². The van der Waals surface area contributed by atoms with Crippen molar-refractivity contribution in [3.8, 4) is 0 Å². The van der Waals surface area contributed by atoms with Gasteiger partial charge in [0.05, 0.1) is 24.0 Å². The summed E-state index contributed by atoms with van der Waals surface area (Å²) in [5, 5.41) is 11.8. The number of carboxylic acid groups (broad SMARTS) is 1. The van der Waals surface area contributed by atoms with Crippen molar-refractivity contribution < 1.29 is 14.7 Å². The maximum Gasteiger partial charge on any atom is 0.303 e. The zero-order valence-corrected chi connectivity index (χ0v) is 13.1.